The van der Waals surface area contributed by atoms with Crippen molar-refractivity contribution in [3.8, 4) is 0 Å². The highest BCUT2D eigenvalue weighted by molar-refractivity contribution is 6.30. The average molecular weight is 181 g/mol. The van der Waals surface area contributed by atoms with Gasteiger partial charge in [0, 0.05) is 5.38 Å². The summed E-state index contributed by atoms with van der Waals surface area (Å²) in [5.74, 6) is 0.831. The van der Waals surface area contributed by atoms with Gasteiger partial charge in [-0.1, -0.05) is 13.3 Å². The summed E-state index contributed by atoms with van der Waals surface area (Å²) in [4.78, 5) is 0. The van der Waals surface area contributed by atoms with E-state index in [0.717, 1.165) is 18.8 Å². The first-order valence-corrected chi connectivity index (χ1v) is 4.89. The van der Waals surface area contributed by atoms with Gasteiger partial charge < -0.3 is 0 Å². The molecule has 3 atom stereocenters. The number of hydrogen-bond donors (Lipinski definition) is 0. The molecule has 2 heteroatoms. The molecule has 0 N–H and O–H groups in total. The molecule has 0 saturated heterocycles. The van der Waals surface area contributed by atoms with Crippen LogP contribution in [0.2, 0.25) is 0 Å². The second-order valence-electron chi connectivity index (χ2n) is 3.12. The van der Waals surface area contributed by atoms with Crippen LogP contribution in [0.5, 0.6) is 0 Å². The highest BCUT2D eigenvalue weighted by Crippen LogP contribution is 2.32. The third-order valence-corrected chi connectivity index (χ3v) is 3.51. The van der Waals surface area contributed by atoms with Gasteiger partial charge in [0.15, 0.2) is 0 Å². The van der Waals surface area contributed by atoms with E-state index in [4.69, 9.17) is 23.2 Å². The zero-order chi connectivity index (χ0) is 7.56. The largest absolute Gasteiger partial charge is 0.121 e. The van der Waals surface area contributed by atoms with Crippen molar-refractivity contribution in [2.24, 2.45) is 5.92 Å². The minimum absolute atomic E-state index is 0.223. The molecule has 1 aliphatic rings. The minimum atomic E-state index is 0.223. The summed E-state index contributed by atoms with van der Waals surface area (Å²) in [6, 6.07) is 0. The maximum absolute atomic E-state index is 6.01. The van der Waals surface area contributed by atoms with Crippen molar-refractivity contribution in [2.45, 2.75) is 43.4 Å². The lowest BCUT2D eigenvalue weighted by Gasteiger charge is -2.28. The average Bonchev–Trinajstić information content (AvgIpc) is 1.95. The topological polar surface area (TPSA) is 0 Å². The number of halogens is 2. The maximum Gasteiger partial charge on any atom is 0.0502 e. The summed E-state index contributed by atoms with van der Waals surface area (Å²) in [5.41, 5.74) is 0. The van der Waals surface area contributed by atoms with Crippen molar-refractivity contribution in [2.75, 3.05) is 0 Å². The van der Waals surface area contributed by atoms with Gasteiger partial charge >= 0.3 is 0 Å². The summed E-state index contributed by atoms with van der Waals surface area (Å²) >= 11 is 12.0. The fourth-order valence-electron chi connectivity index (χ4n) is 1.53. The highest BCUT2D eigenvalue weighted by Gasteiger charge is 2.26. The van der Waals surface area contributed by atoms with Crippen molar-refractivity contribution in [1.82, 2.24) is 0 Å². The first-order valence-electron chi connectivity index (χ1n) is 4.02. The van der Waals surface area contributed by atoms with Crippen molar-refractivity contribution in [3.63, 3.8) is 0 Å². The second-order valence-corrected chi connectivity index (χ2v) is 4.24. The zero-order valence-corrected chi connectivity index (χ0v) is 7.83. The van der Waals surface area contributed by atoms with Crippen LogP contribution in [0.3, 0.4) is 0 Å². The summed E-state index contributed by atoms with van der Waals surface area (Å²) < 4.78 is 0. The summed E-state index contributed by atoms with van der Waals surface area (Å²) in [7, 11) is 0. The Balaban J connectivity index is 2.33. The highest BCUT2D eigenvalue weighted by atomic mass is 35.5. The van der Waals surface area contributed by atoms with Crippen LogP contribution in [0, 0.1) is 5.92 Å². The van der Waals surface area contributed by atoms with Crippen LogP contribution >= 0.6 is 23.2 Å². The van der Waals surface area contributed by atoms with Gasteiger partial charge in [0.25, 0.3) is 0 Å². The lowest BCUT2D eigenvalue weighted by molar-refractivity contribution is 0.358. The summed E-state index contributed by atoms with van der Waals surface area (Å²) in [6.07, 6.45) is 4.75. The number of hydrogen-bond acceptors (Lipinski definition) is 0. The number of rotatable bonds is 1. The van der Waals surface area contributed by atoms with E-state index in [1.165, 1.54) is 12.8 Å². The second kappa shape index (κ2) is 3.82. The monoisotopic (exact) mass is 180 g/mol. The molecule has 0 aromatic rings. The molecule has 0 aliphatic heterocycles. The molecule has 2 unspecified atom stereocenters. The van der Waals surface area contributed by atoms with Gasteiger partial charge in [-0.05, 0) is 25.2 Å². The molecule has 0 heterocycles. The van der Waals surface area contributed by atoms with Crippen LogP contribution in [0.25, 0.3) is 0 Å². The maximum atomic E-state index is 6.01. The van der Waals surface area contributed by atoms with E-state index in [1.54, 1.807) is 0 Å². The predicted molar refractivity (Wildman–Crippen MR) is 46.9 cm³/mol. The third kappa shape index (κ3) is 2.03. The summed E-state index contributed by atoms with van der Waals surface area (Å²) in [6.45, 7) is 2.23. The molecule has 1 aliphatic carbocycles. The fraction of sp³-hybridized carbons (Fsp3) is 1.00. The van der Waals surface area contributed by atoms with Crippen molar-refractivity contribution in [3.05, 3.63) is 0 Å². The molecule has 1 rings (SSSR count). The first kappa shape index (κ1) is 8.67. The van der Waals surface area contributed by atoms with Gasteiger partial charge in [0.2, 0.25) is 0 Å². The molecular weight excluding hydrogens is 167 g/mol. The van der Waals surface area contributed by atoms with Crippen LogP contribution in [0.4, 0.5) is 0 Å². The molecule has 0 radical (unpaired) electrons. The van der Waals surface area contributed by atoms with Gasteiger partial charge in [-0.3, -0.25) is 0 Å². The van der Waals surface area contributed by atoms with E-state index in [2.05, 4.69) is 6.92 Å². The van der Waals surface area contributed by atoms with Gasteiger partial charge in [0.05, 0.1) is 5.38 Å². The van der Waals surface area contributed by atoms with E-state index < -0.39 is 0 Å². The molecule has 0 aromatic heterocycles. The molecule has 60 valence electrons. The van der Waals surface area contributed by atoms with Gasteiger partial charge in [-0.15, -0.1) is 23.2 Å². The standard InChI is InChI=1S/C8H14Cl2/c1-2-6-3-4-7(9)8(10)5-6/h6-8H,2-5H2,1H3/t6-,7?,8?/m1/s1. The van der Waals surface area contributed by atoms with E-state index in [1.807, 2.05) is 0 Å². The number of alkyl halides is 2. The normalized spacial score (nSPS) is 41.7. The van der Waals surface area contributed by atoms with Gasteiger partial charge in [-0.25, -0.2) is 0 Å². The van der Waals surface area contributed by atoms with Crippen LogP contribution in [-0.2, 0) is 0 Å². The lowest BCUT2D eigenvalue weighted by Crippen LogP contribution is -2.25. The Morgan fingerprint density at radius 1 is 1.20 bits per heavy atom. The molecule has 0 spiro atoms. The Kier molecular flexibility index (Phi) is 3.32. The zero-order valence-electron chi connectivity index (χ0n) is 6.32. The fourth-order valence-corrected chi connectivity index (χ4v) is 2.14. The van der Waals surface area contributed by atoms with Crippen LogP contribution in [0.15, 0.2) is 0 Å². The molecular formula is C8H14Cl2. The molecule has 10 heavy (non-hydrogen) atoms. The molecule has 0 bridgehead atoms. The first-order chi connectivity index (χ1) is 4.74. The van der Waals surface area contributed by atoms with Crippen molar-refractivity contribution >= 4 is 23.2 Å². The Hall–Kier alpha value is 0.580. The molecule has 1 fully saturated rings. The van der Waals surface area contributed by atoms with E-state index in [0.29, 0.717) is 0 Å². The molecule has 1 saturated carbocycles. The van der Waals surface area contributed by atoms with Crippen LogP contribution in [0.1, 0.15) is 32.6 Å². The lowest BCUT2D eigenvalue weighted by atomic mass is 9.87. The molecule has 0 aromatic carbocycles. The Morgan fingerprint density at radius 3 is 2.40 bits per heavy atom. The van der Waals surface area contributed by atoms with Crippen LogP contribution < -0.4 is 0 Å². The van der Waals surface area contributed by atoms with E-state index >= 15 is 0 Å². The third-order valence-electron chi connectivity index (χ3n) is 2.38. The van der Waals surface area contributed by atoms with Gasteiger partial charge in [-0.2, -0.15) is 0 Å². The Morgan fingerprint density at radius 2 is 1.90 bits per heavy atom. The molecule has 0 nitrogen and oxygen atoms in total. The van der Waals surface area contributed by atoms with E-state index in [-0.39, 0.29) is 10.8 Å². The van der Waals surface area contributed by atoms with Crippen molar-refractivity contribution < 1.29 is 0 Å². The quantitative estimate of drug-likeness (QED) is 0.543. The Bertz CT molecular complexity index is 103. The van der Waals surface area contributed by atoms with E-state index in [9.17, 15) is 0 Å². The SMILES string of the molecule is CC[C@@H]1CCC(Cl)C(Cl)C1. The van der Waals surface area contributed by atoms with Crippen molar-refractivity contribution in [1.29, 1.82) is 0 Å². The predicted octanol–water partition coefficient (Wildman–Crippen LogP) is 3.41. The van der Waals surface area contributed by atoms with Crippen LogP contribution in [-0.4, -0.2) is 10.8 Å². The summed E-state index contributed by atoms with van der Waals surface area (Å²) in [5, 5.41) is 0.449. The van der Waals surface area contributed by atoms with Gasteiger partial charge in [0.1, 0.15) is 0 Å². The Labute approximate surface area is 72.9 Å². The minimum Gasteiger partial charge on any atom is -0.121 e. The molecule has 0 amide bonds. The smallest absolute Gasteiger partial charge is 0.0502 e.